The van der Waals surface area contributed by atoms with Crippen LogP contribution in [0, 0.1) is 0 Å². The molecule has 100 valence electrons. The van der Waals surface area contributed by atoms with Crippen LogP contribution < -0.4 is 20.7 Å². The van der Waals surface area contributed by atoms with E-state index >= 15 is 0 Å². The van der Waals surface area contributed by atoms with Gasteiger partial charge in [0.25, 0.3) is 0 Å². The standard InChI is InChI=1S/C13H21N3O2/c1-13(2,3)15-12(16-14)11-9(17-4)7-6-8-10(11)18-5/h6-8H,14H2,1-5H3,(H,15,16). The molecular formula is C13H21N3O2. The number of aliphatic imine (C=N–C) groups is 1. The van der Waals surface area contributed by atoms with Crippen LogP contribution in [0.25, 0.3) is 0 Å². The van der Waals surface area contributed by atoms with E-state index in [1.807, 2.05) is 39.0 Å². The van der Waals surface area contributed by atoms with Crippen molar-refractivity contribution >= 4 is 5.84 Å². The molecule has 0 fully saturated rings. The van der Waals surface area contributed by atoms with Gasteiger partial charge in [0.15, 0.2) is 5.84 Å². The first-order chi connectivity index (χ1) is 8.42. The molecule has 0 spiro atoms. The van der Waals surface area contributed by atoms with Crippen LogP contribution in [0.1, 0.15) is 26.3 Å². The van der Waals surface area contributed by atoms with E-state index in [4.69, 9.17) is 15.3 Å². The Morgan fingerprint density at radius 3 is 2.00 bits per heavy atom. The number of benzene rings is 1. The van der Waals surface area contributed by atoms with Gasteiger partial charge in [-0.25, -0.2) is 5.84 Å². The number of rotatable bonds is 3. The Hall–Kier alpha value is -1.75. The van der Waals surface area contributed by atoms with E-state index in [1.165, 1.54) is 0 Å². The average molecular weight is 251 g/mol. The molecule has 0 bridgehead atoms. The Morgan fingerprint density at radius 2 is 1.67 bits per heavy atom. The summed E-state index contributed by atoms with van der Waals surface area (Å²) in [7, 11) is 3.20. The van der Waals surface area contributed by atoms with Crippen molar-refractivity contribution in [3.63, 3.8) is 0 Å². The highest BCUT2D eigenvalue weighted by Crippen LogP contribution is 2.29. The number of hydrogen-bond donors (Lipinski definition) is 2. The normalized spacial score (nSPS) is 12.2. The highest BCUT2D eigenvalue weighted by molar-refractivity contribution is 6.03. The maximum atomic E-state index is 5.57. The van der Waals surface area contributed by atoms with Crippen molar-refractivity contribution in [2.24, 2.45) is 10.8 Å². The number of nitrogens with one attached hydrogen (secondary N) is 1. The first-order valence-corrected chi connectivity index (χ1v) is 5.70. The van der Waals surface area contributed by atoms with Crippen LogP contribution in [0.2, 0.25) is 0 Å². The lowest BCUT2D eigenvalue weighted by Crippen LogP contribution is -2.34. The van der Waals surface area contributed by atoms with Gasteiger partial charge < -0.3 is 14.9 Å². The SMILES string of the molecule is COc1cccc(OC)c1C(=NC(C)(C)C)NN. The molecule has 0 aliphatic carbocycles. The van der Waals surface area contributed by atoms with Crippen LogP contribution in [0.5, 0.6) is 11.5 Å². The molecule has 1 aromatic rings. The van der Waals surface area contributed by atoms with Gasteiger partial charge in [-0.3, -0.25) is 4.99 Å². The summed E-state index contributed by atoms with van der Waals surface area (Å²) in [4.78, 5) is 4.54. The minimum atomic E-state index is -0.256. The minimum absolute atomic E-state index is 0.256. The summed E-state index contributed by atoms with van der Waals surface area (Å²) in [6.07, 6.45) is 0. The van der Waals surface area contributed by atoms with Gasteiger partial charge in [0.05, 0.1) is 19.8 Å². The number of ether oxygens (including phenoxy) is 2. The van der Waals surface area contributed by atoms with E-state index in [0.29, 0.717) is 17.3 Å². The summed E-state index contributed by atoms with van der Waals surface area (Å²) in [6, 6.07) is 5.53. The van der Waals surface area contributed by atoms with E-state index in [-0.39, 0.29) is 5.54 Å². The number of methoxy groups -OCH3 is 2. The predicted octanol–water partition coefficient (Wildman–Crippen LogP) is 1.71. The molecule has 5 heteroatoms. The van der Waals surface area contributed by atoms with Gasteiger partial charge in [-0.05, 0) is 32.9 Å². The lowest BCUT2D eigenvalue weighted by atomic mass is 10.1. The Kier molecular flexibility index (Phi) is 4.55. The molecule has 0 aromatic heterocycles. The fraction of sp³-hybridized carbons (Fsp3) is 0.462. The van der Waals surface area contributed by atoms with Gasteiger partial charge in [0.1, 0.15) is 17.1 Å². The fourth-order valence-electron chi connectivity index (χ4n) is 1.58. The Labute approximate surface area is 108 Å². The van der Waals surface area contributed by atoms with Crippen LogP contribution in [-0.4, -0.2) is 25.6 Å². The molecule has 0 amide bonds. The molecule has 0 saturated carbocycles. The molecule has 0 unspecified atom stereocenters. The quantitative estimate of drug-likeness (QED) is 0.371. The number of nitrogens with two attached hydrogens (primary N) is 1. The molecule has 0 radical (unpaired) electrons. The summed E-state index contributed by atoms with van der Waals surface area (Å²) in [6.45, 7) is 5.98. The second-order valence-electron chi connectivity index (χ2n) is 4.81. The van der Waals surface area contributed by atoms with E-state index in [1.54, 1.807) is 14.2 Å². The monoisotopic (exact) mass is 251 g/mol. The second-order valence-corrected chi connectivity index (χ2v) is 4.81. The molecular weight excluding hydrogens is 230 g/mol. The molecule has 0 aliphatic heterocycles. The van der Waals surface area contributed by atoms with Crippen molar-refractivity contribution in [1.82, 2.24) is 5.43 Å². The van der Waals surface area contributed by atoms with Crippen LogP contribution in [0.15, 0.2) is 23.2 Å². The first-order valence-electron chi connectivity index (χ1n) is 5.70. The Balaban J connectivity index is 3.40. The smallest absolute Gasteiger partial charge is 0.150 e. The van der Waals surface area contributed by atoms with Gasteiger partial charge in [-0.2, -0.15) is 0 Å². The molecule has 0 heterocycles. The topological polar surface area (TPSA) is 68.9 Å². The minimum Gasteiger partial charge on any atom is -0.496 e. The Morgan fingerprint density at radius 1 is 1.17 bits per heavy atom. The molecule has 5 nitrogen and oxygen atoms in total. The van der Waals surface area contributed by atoms with Crippen molar-refractivity contribution in [1.29, 1.82) is 0 Å². The van der Waals surface area contributed by atoms with Crippen molar-refractivity contribution in [2.75, 3.05) is 14.2 Å². The van der Waals surface area contributed by atoms with Crippen LogP contribution in [0.3, 0.4) is 0 Å². The third-order valence-corrected chi connectivity index (χ3v) is 2.25. The van der Waals surface area contributed by atoms with E-state index < -0.39 is 0 Å². The first kappa shape index (κ1) is 14.3. The zero-order chi connectivity index (χ0) is 13.8. The van der Waals surface area contributed by atoms with Gasteiger partial charge in [-0.1, -0.05) is 6.07 Å². The Bertz CT molecular complexity index is 414. The lowest BCUT2D eigenvalue weighted by Gasteiger charge is -2.19. The van der Waals surface area contributed by atoms with E-state index in [2.05, 4.69) is 10.4 Å². The number of hydrazine groups is 1. The summed E-state index contributed by atoms with van der Waals surface area (Å²) in [5.41, 5.74) is 3.08. The van der Waals surface area contributed by atoms with Gasteiger partial charge in [0.2, 0.25) is 0 Å². The van der Waals surface area contributed by atoms with Crippen molar-refractivity contribution < 1.29 is 9.47 Å². The van der Waals surface area contributed by atoms with Crippen LogP contribution in [0.4, 0.5) is 0 Å². The van der Waals surface area contributed by atoms with Crippen LogP contribution >= 0.6 is 0 Å². The predicted molar refractivity (Wildman–Crippen MR) is 73.2 cm³/mol. The maximum Gasteiger partial charge on any atom is 0.150 e. The largest absolute Gasteiger partial charge is 0.496 e. The molecule has 1 rings (SSSR count). The van der Waals surface area contributed by atoms with E-state index in [9.17, 15) is 0 Å². The molecule has 0 atom stereocenters. The molecule has 18 heavy (non-hydrogen) atoms. The fourth-order valence-corrected chi connectivity index (χ4v) is 1.58. The third-order valence-electron chi connectivity index (χ3n) is 2.25. The summed E-state index contributed by atoms with van der Waals surface area (Å²) < 4.78 is 10.7. The number of hydrogen-bond acceptors (Lipinski definition) is 4. The third kappa shape index (κ3) is 3.37. The zero-order valence-corrected chi connectivity index (χ0v) is 11.6. The second kappa shape index (κ2) is 5.73. The zero-order valence-electron chi connectivity index (χ0n) is 11.6. The highest BCUT2D eigenvalue weighted by Gasteiger charge is 2.18. The molecule has 0 saturated heterocycles. The molecule has 3 N–H and O–H groups in total. The maximum absolute atomic E-state index is 5.57. The van der Waals surface area contributed by atoms with Gasteiger partial charge >= 0.3 is 0 Å². The van der Waals surface area contributed by atoms with Crippen LogP contribution in [-0.2, 0) is 0 Å². The summed E-state index contributed by atoms with van der Waals surface area (Å²) in [5.74, 6) is 7.43. The van der Waals surface area contributed by atoms with E-state index in [0.717, 1.165) is 5.56 Å². The van der Waals surface area contributed by atoms with Crippen molar-refractivity contribution in [2.45, 2.75) is 26.3 Å². The lowest BCUT2D eigenvalue weighted by molar-refractivity contribution is 0.392. The summed E-state index contributed by atoms with van der Waals surface area (Å²) in [5, 5.41) is 0. The molecule has 1 aromatic carbocycles. The number of amidine groups is 1. The highest BCUT2D eigenvalue weighted by atomic mass is 16.5. The van der Waals surface area contributed by atoms with Crippen molar-refractivity contribution in [3.8, 4) is 11.5 Å². The summed E-state index contributed by atoms with van der Waals surface area (Å²) >= 11 is 0. The van der Waals surface area contributed by atoms with Gasteiger partial charge in [-0.15, -0.1) is 0 Å². The van der Waals surface area contributed by atoms with Crippen molar-refractivity contribution in [3.05, 3.63) is 23.8 Å². The number of nitrogens with zero attached hydrogens (tertiary/aromatic N) is 1. The molecule has 0 aliphatic rings. The van der Waals surface area contributed by atoms with Gasteiger partial charge in [0, 0.05) is 0 Å². The average Bonchev–Trinajstić information content (AvgIpc) is 2.33.